The Hall–Kier alpha value is -1.80. The SMILES string of the molecule is CNC(CCOc1cccc(C)c1)c1ccc(C)cc1. The summed E-state index contributed by atoms with van der Waals surface area (Å²) in [4.78, 5) is 0. The molecule has 0 fully saturated rings. The van der Waals surface area contributed by atoms with Crippen LogP contribution >= 0.6 is 0 Å². The molecule has 0 radical (unpaired) electrons. The maximum Gasteiger partial charge on any atom is 0.119 e. The third-order valence-corrected chi connectivity index (χ3v) is 3.49. The summed E-state index contributed by atoms with van der Waals surface area (Å²) in [6.07, 6.45) is 0.952. The summed E-state index contributed by atoms with van der Waals surface area (Å²) in [5, 5.41) is 3.36. The summed E-state index contributed by atoms with van der Waals surface area (Å²) in [6.45, 7) is 4.90. The summed E-state index contributed by atoms with van der Waals surface area (Å²) >= 11 is 0. The van der Waals surface area contributed by atoms with E-state index in [4.69, 9.17) is 4.74 Å². The number of aryl methyl sites for hydroxylation is 2. The van der Waals surface area contributed by atoms with E-state index in [9.17, 15) is 0 Å². The second-order valence-electron chi connectivity index (χ2n) is 5.21. The minimum atomic E-state index is 0.334. The Bertz CT molecular complexity index is 533. The van der Waals surface area contributed by atoms with Crippen LogP contribution in [-0.4, -0.2) is 13.7 Å². The first-order valence-electron chi connectivity index (χ1n) is 7.12. The van der Waals surface area contributed by atoms with E-state index in [0.29, 0.717) is 12.6 Å². The highest BCUT2D eigenvalue weighted by Gasteiger charge is 2.08. The standard InChI is InChI=1S/C18H23NO/c1-14-7-9-16(10-8-14)18(19-3)11-12-20-17-6-4-5-15(2)13-17/h4-10,13,18-19H,11-12H2,1-3H3. The zero-order valence-corrected chi connectivity index (χ0v) is 12.5. The highest BCUT2D eigenvalue weighted by molar-refractivity contribution is 5.27. The Morgan fingerprint density at radius 3 is 2.40 bits per heavy atom. The van der Waals surface area contributed by atoms with Gasteiger partial charge in [-0.2, -0.15) is 0 Å². The molecule has 0 amide bonds. The first kappa shape index (κ1) is 14.6. The van der Waals surface area contributed by atoms with Gasteiger partial charge in [0.05, 0.1) is 6.61 Å². The third-order valence-electron chi connectivity index (χ3n) is 3.49. The monoisotopic (exact) mass is 269 g/mol. The molecule has 0 aromatic heterocycles. The maximum atomic E-state index is 5.82. The minimum Gasteiger partial charge on any atom is -0.494 e. The number of ether oxygens (including phenoxy) is 1. The molecule has 1 atom stereocenters. The van der Waals surface area contributed by atoms with Gasteiger partial charge < -0.3 is 10.1 Å². The maximum absolute atomic E-state index is 5.82. The Kier molecular flexibility index (Phi) is 5.19. The van der Waals surface area contributed by atoms with Crippen LogP contribution in [0.15, 0.2) is 48.5 Å². The lowest BCUT2D eigenvalue weighted by Gasteiger charge is -2.17. The van der Waals surface area contributed by atoms with E-state index in [0.717, 1.165) is 12.2 Å². The van der Waals surface area contributed by atoms with Gasteiger partial charge in [-0.25, -0.2) is 0 Å². The van der Waals surface area contributed by atoms with Gasteiger partial charge in [0.25, 0.3) is 0 Å². The second-order valence-corrected chi connectivity index (χ2v) is 5.21. The molecule has 2 aromatic rings. The van der Waals surface area contributed by atoms with Gasteiger partial charge in [0.15, 0.2) is 0 Å². The first-order valence-corrected chi connectivity index (χ1v) is 7.12. The van der Waals surface area contributed by atoms with E-state index in [1.54, 1.807) is 0 Å². The summed E-state index contributed by atoms with van der Waals surface area (Å²) in [6, 6.07) is 17.2. The van der Waals surface area contributed by atoms with Gasteiger partial charge in [-0.05, 0) is 44.2 Å². The lowest BCUT2D eigenvalue weighted by molar-refractivity contribution is 0.290. The van der Waals surface area contributed by atoms with Crippen LogP contribution in [0.2, 0.25) is 0 Å². The zero-order valence-electron chi connectivity index (χ0n) is 12.5. The fourth-order valence-corrected chi connectivity index (χ4v) is 2.28. The topological polar surface area (TPSA) is 21.3 Å². The number of hydrogen-bond donors (Lipinski definition) is 1. The van der Waals surface area contributed by atoms with Crippen molar-refractivity contribution < 1.29 is 4.74 Å². The average Bonchev–Trinajstić information content (AvgIpc) is 2.45. The highest BCUT2D eigenvalue weighted by atomic mass is 16.5. The van der Waals surface area contributed by atoms with Crippen molar-refractivity contribution in [1.29, 1.82) is 0 Å². The lowest BCUT2D eigenvalue weighted by atomic mass is 10.0. The normalized spacial score (nSPS) is 12.2. The van der Waals surface area contributed by atoms with Crippen LogP contribution in [0.25, 0.3) is 0 Å². The van der Waals surface area contributed by atoms with Crippen molar-refractivity contribution in [1.82, 2.24) is 5.32 Å². The molecule has 2 rings (SSSR count). The van der Waals surface area contributed by atoms with Gasteiger partial charge in [0.2, 0.25) is 0 Å². The van der Waals surface area contributed by atoms with E-state index >= 15 is 0 Å². The van der Waals surface area contributed by atoms with Crippen LogP contribution in [0.3, 0.4) is 0 Å². The molecule has 0 spiro atoms. The van der Waals surface area contributed by atoms with Crippen LogP contribution in [0, 0.1) is 13.8 Å². The third kappa shape index (κ3) is 4.10. The fourth-order valence-electron chi connectivity index (χ4n) is 2.28. The Labute approximate surface area is 121 Å². The van der Waals surface area contributed by atoms with Crippen molar-refractivity contribution in [2.24, 2.45) is 0 Å². The number of rotatable bonds is 6. The first-order chi connectivity index (χ1) is 9.69. The zero-order chi connectivity index (χ0) is 14.4. The largest absolute Gasteiger partial charge is 0.494 e. The van der Waals surface area contributed by atoms with Crippen molar-refractivity contribution in [3.8, 4) is 5.75 Å². The molecule has 2 aromatic carbocycles. The van der Waals surface area contributed by atoms with Gasteiger partial charge in [0.1, 0.15) is 5.75 Å². The molecule has 0 aliphatic carbocycles. The Morgan fingerprint density at radius 1 is 1.00 bits per heavy atom. The van der Waals surface area contributed by atoms with Crippen LogP contribution in [-0.2, 0) is 0 Å². The van der Waals surface area contributed by atoms with Crippen molar-refractivity contribution >= 4 is 0 Å². The predicted molar refractivity (Wildman–Crippen MR) is 84.3 cm³/mol. The van der Waals surface area contributed by atoms with Crippen molar-refractivity contribution in [3.05, 3.63) is 65.2 Å². The minimum absolute atomic E-state index is 0.334. The summed E-state index contributed by atoms with van der Waals surface area (Å²) < 4.78 is 5.82. The van der Waals surface area contributed by atoms with E-state index in [1.165, 1.54) is 16.7 Å². The number of benzene rings is 2. The molecule has 0 saturated carbocycles. The van der Waals surface area contributed by atoms with Gasteiger partial charge in [-0.15, -0.1) is 0 Å². The van der Waals surface area contributed by atoms with Crippen molar-refractivity contribution in [2.75, 3.05) is 13.7 Å². The van der Waals surface area contributed by atoms with Crippen LogP contribution < -0.4 is 10.1 Å². The predicted octanol–water partition coefficient (Wildman–Crippen LogP) is 4.03. The average molecular weight is 269 g/mol. The van der Waals surface area contributed by atoms with E-state index in [2.05, 4.69) is 55.6 Å². The van der Waals surface area contributed by atoms with E-state index < -0.39 is 0 Å². The fraction of sp³-hybridized carbons (Fsp3) is 0.333. The molecular weight excluding hydrogens is 246 g/mol. The van der Waals surface area contributed by atoms with Crippen molar-refractivity contribution in [3.63, 3.8) is 0 Å². The van der Waals surface area contributed by atoms with Crippen LogP contribution in [0.5, 0.6) is 5.75 Å². The molecule has 0 aliphatic rings. The van der Waals surface area contributed by atoms with E-state index in [1.807, 2.05) is 19.2 Å². The van der Waals surface area contributed by atoms with E-state index in [-0.39, 0.29) is 0 Å². The van der Waals surface area contributed by atoms with Crippen LogP contribution in [0.1, 0.15) is 29.2 Å². The molecule has 2 heteroatoms. The summed E-state index contributed by atoms with van der Waals surface area (Å²) in [5.74, 6) is 0.948. The number of hydrogen-bond acceptors (Lipinski definition) is 2. The van der Waals surface area contributed by atoms with Gasteiger partial charge in [0, 0.05) is 12.5 Å². The number of nitrogens with one attached hydrogen (secondary N) is 1. The quantitative estimate of drug-likeness (QED) is 0.854. The molecule has 0 aliphatic heterocycles. The van der Waals surface area contributed by atoms with Gasteiger partial charge in [-0.3, -0.25) is 0 Å². The molecule has 2 nitrogen and oxygen atoms in total. The summed E-state index contributed by atoms with van der Waals surface area (Å²) in [7, 11) is 2.00. The highest BCUT2D eigenvalue weighted by Crippen LogP contribution is 2.18. The molecule has 1 N–H and O–H groups in total. The lowest BCUT2D eigenvalue weighted by Crippen LogP contribution is -2.19. The van der Waals surface area contributed by atoms with Crippen LogP contribution in [0.4, 0.5) is 0 Å². The molecule has 0 saturated heterocycles. The van der Waals surface area contributed by atoms with Gasteiger partial charge in [-0.1, -0.05) is 42.0 Å². The van der Waals surface area contributed by atoms with Gasteiger partial charge >= 0.3 is 0 Å². The molecule has 0 bridgehead atoms. The smallest absolute Gasteiger partial charge is 0.119 e. The Morgan fingerprint density at radius 2 is 1.75 bits per heavy atom. The summed E-state index contributed by atoms with van der Waals surface area (Å²) in [5.41, 5.74) is 3.83. The second kappa shape index (κ2) is 7.11. The molecule has 20 heavy (non-hydrogen) atoms. The molecular formula is C18H23NO. The molecule has 1 unspecified atom stereocenters. The Balaban J connectivity index is 1.89. The van der Waals surface area contributed by atoms with Crippen molar-refractivity contribution in [2.45, 2.75) is 26.3 Å². The molecule has 0 heterocycles. The molecule has 106 valence electrons.